The average Bonchev–Trinajstić information content (AvgIpc) is 3.57. The summed E-state index contributed by atoms with van der Waals surface area (Å²) in [6.07, 6.45) is 13.7. The van der Waals surface area contributed by atoms with Crippen LogP contribution >= 0.6 is 11.3 Å². The minimum atomic E-state index is 0.478. The Morgan fingerprint density at radius 3 is 3.06 bits per heavy atom. The lowest BCUT2D eigenvalue weighted by Crippen LogP contribution is -2.41. The Balaban J connectivity index is 1.19. The van der Waals surface area contributed by atoms with Crippen molar-refractivity contribution in [2.24, 2.45) is 5.41 Å². The molecular formula is C23H28N8S. The third-order valence-electron chi connectivity index (χ3n) is 6.74. The number of rotatable bonds is 5. The zero-order valence-corrected chi connectivity index (χ0v) is 19.1. The fourth-order valence-electron chi connectivity index (χ4n) is 5.18. The third kappa shape index (κ3) is 3.70. The van der Waals surface area contributed by atoms with Crippen LogP contribution in [0, 0.1) is 12.3 Å². The van der Waals surface area contributed by atoms with Crippen molar-refractivity contribution in [2.75, 3.05) is 31.5 Å². The summed E-state index contributed by atoms with van der Waals surface area (Å²) < 4.78 is 2.09. The van der Waals surface area contributed by atoms with E-state index in [1.165, 1.54) is 38.9 Å². The predicted molar refractivity (Wildman–Crippen MR) is 127 cm³/mol. The molecule has 0 aromatic carbocycles. The molecule has 3 N–H and O–H groups in total. The number of aryl methyl sites for hydroxylation is 1. The second kappa shape index (κ2) is 7.99. The van der Waals surface area contributed by atoms with Gasteiger partial charge in [0.25, 0.3) is 0 Å². The Bertz CT molecular complexity index is 1220. The summed E-state index contributed by atoms with van der Waals surface area (Å²) in [4.78, 5) is 19.7. The number of H-pyrrole nitrogens is 1. The molecule has 166 valence electrons. The molecule has 0 amide bonds. The normalized spacial score (nSPS) is 21.7. The molecule has 6 rings (SSSR count). The highest BCUT2D eigenvalue weighted by atomic mass is 32.1. The summed E-state index contributed by atoms with van der Waals surface area (Å²) in [6, 6.07) is 2.05. The number of aromatic amines is 1. The van der Waals surface area contributed by atoms with Crippen molar-refractivity contribution in [3.63, 3.8) is 0 Å². The summed E-state index contributed by atoms with van der Waals surface area (Å²) in [6.45, 7) is 7.61. The van der Waals surface area contributed by atoms with E-state index in [0.29, 0.717) is 5.41 Å². The minimum Gasteiger partial charge on any atom is -0.367 e. The van der Waals surface area contributed by atoms with Gasteiger partial charge in [-0.05, 0) is 50.8 Å². The molecule has 8 nitrogen and oxygen atoms in total. The molecule has 9 heteroatoms. The molecule has 0 radical (unpaired) electrons. The first-order chi connectivity index (χ1) is 15.7. The number of nitrogens with one attached hydrogen (secondary N) is 3. The molecule has 0 bridgehead atoms. The van der Waals surface area contributed by atoms with Crippen molar-refractivity contribution < 1.29 is 0 Å². The van der Waals surface area contributed by atoms with Gasteiger partial charge in [-0.3, -0.25) is 9.30 Å². The smallest absolute Gasteiger partial charge is 0.180 e. The summed E-state index contributed by atoms with van der Waals surface area (Å²) >= 11 is 1.71. The SMILES string of the molecule is Cc1cn2c(-c3cc[nH]c3)cnc2c(Nc2cnc(CN3CCC4(CCCNC4)C3)s2)n1. The minimum absolute atomic E-state index is 0.478. The summed E-state index contributed by atoms with van der Waals surface area (Å²) in [5.41, 5.74) is 4.37. The molecule has 2 aliphatic heterocycles. The zero-order chi connectivity index (χ0) is 21.5. The lowest BCUT2D eigenvalue weighted by atomic mass is 9.80. The van der Waals surface area contributed by atoms with Crippen LogP contribution in [0.5, 0.6) is 0 Å². The molecule has 2 aliphatic rings. The number of anilines is 2. The lowest BCUT2D eigenvalue weighted by Gasteiger charge is -2.33. The average molecular weight is 449 g/mol. The molecule has 0 aliphatic carbocycles. The van der Waals surface area contributed by atoms with E-state index in [0.717, 1.165) is 51.5 Å². The van der Waals surface area contributed by atoms with Crippen LogP contribution in [0.1, 0.15) is 30.0 Å². The van der Waals surface area contributed by atoms with Gasteiger partial charge >= 0.3 is 0 Å². The van der Waals surface area contributed by atoms with Gasteiger partial charge in [0.05, 0.1) is 30.3 Å². The number of imidazole rings is 1. The van der Waals surface area contributed by atoms with Crippen molar-refractivity contribution in [3.05, 3.63) is 47.8 Å². The quantitative estimate of drug-likeness (QED) is 0.430. The van der Waals surface area contributed by atoms with Crippen molar-refractivity contribution in [2.45, 2.75) is 32.7 Å². The van der Waals surface area contributed by atoms with Gasteiger partial charge in [-0.15, -0.1) is 0 Å². The number of likely N-dealkylation sites (tertiary alicyclic amines) is 1. The van der Waals surface area contributed by atoms with Gasteiger partial charge in [0.2, 0.25) is 0 Å². The fraction of sp³-hybridized carbons (Fsp3) is 0.435. The van der Waals surface area contributed by atoms with Crippen molar-refractivity contribution in [1.82, 2.24) is 34.6 Å². The molecule has 6 heterocycles. The Hall–Kier alpha value is -2.75. The number of hydrogen-bond donors (Lipinski definition) is 3. The van der Waals surface area contributed by atoms with E-state index in [1.54, 1.807) is 11.3 Å². The summed E-state index contributed by atoms with van der Waals surface area (Å²) in [7, 11) is 0. The number of fused-ring (bicyclic) bond motifs is 1. The highest BCUT2D eigenvalue weighted by Gasteiger charge is 2.38. The molecule has 1 atom stereocenters. The van der Waals surface area contributed by atoms with Gasteiger partial charge in [0, 0.05) is 37.2 Å². The summed E-state index contributed by atoms with van der Waals surface area (Å²) in [5.74, 6) is 0.760. The number of hydrogen-bond acceptors (Lipinski definition) is 7. The van der Waals surface area contributed by atoms with Gasteiger partial charge in [0.1, 0.15) is 10.0 Å². The topological polar surface area (TPSA) is 86.2 Å². The van der Waals surface area contributed by atoms with E-state index in [9.17, 15) is 0 Å². The van der Waals surface area contributed by atoms with Crippen molar-refractivity contribution >= 4 is 27.8 Å². The predicted octanol–water partition coefficient (Wildman–Crippen LogP) is 3.81. The monoisotopic (exact) mass is 448 g/mol. The van der Waals surface area contributed by atoms with E-state index in [2.05, 4.69) is 29.9 Å². The largest absolute Gasteiger partial charge is 0.367 e. The van der Waals surface area contributed by atoms with Gasteiger partial charge in [0.15, 0.2) is 11.5 Å². The van der Waals surface area contributed by atoms with Crippen molar-refractivity contribution in [3.8, 4) is 11.3 Å². The maximum atomic E-state index is 4.72. The maximum absolute atomic E-state index is 4.72. The zero-order valence-electron chi connectivity index (χ0n) is 18.3. The molecule has 1 unspecified atom stereocenters. The molecule has 32 heavy (non-hydrogen) atoms. The molecule has 1 spiro atoms. The first kappa shape index (κ1) is 19.9. The van der Waals surface area contributed by atoms with Crippen LogP contribution in [-0.2, 0) is 6.54 Å². The number of thiazole rings is 1. The Morgan fingerprint density at radius 2 is 2.22 bits per heavy atom. The number of nitrogens with zero attached hydrogens (tertiary/aromatic N) is 5. The Kier molecular flexibility index (Phi) is 4.97. The van der Waals surface area contributed by atoms with Crippen LogP contribution in [0.2, 0.25) is 0 Å². The van der Waals surface area contributed by atoms with E-state index in [1.807, 2.05) is 44.0 Å². The fourth-order valence-corrected chi connectivity index (χ4v) is 6.04. The standard InChI is InChI=1S/C23H28N8S/c1-16-12-31-18(17-3-7-24-9-17)10-27-22(31)21(28-16)29-19-11-26-20(32-19)13-30-8-5-23(15-30)4-2-6-25-14-23/h3,7,9-12,24-25H,2,4-6,8,13-15H2,1H3,(H,28,29). The molecule has 0 saturated carbocycles. The van der Waals surface area contributed by atoms with Crippen LogP contribution in [0.25, 0.3) is 16.9 Å². The van der Waals surface area contributed by atoms with Crippen LogP contribution < -0.4 is 10.6 Å². The van der Waals surface area contributed by atoms with E-state index < -0.39 is 0 Å². The second-order valence-corrected chi connectivity index (χ2v) is 10.3. The van der Waals surface area contributed by atoms with Gasteiger partial charge in [-0.25, -0.2) is 15.0 Å². The van der Waals surface area contributed by atoms with Gasteiger partial charge in [-0.1, -0.05) is 11.3 Å². The lowest BCUT2D eigenvalue weighted by molar-refractivity contribution is 0.199. The summed E-state index contributed by atoms with van der Waals surface area (Å²) in [5, 5.41) is 9.22. The van der Waals surface area contributed by atoms with Crippen LogP contribution in [0.3, 0.4) is 0 Å². The van der Waals surface area contributed by atoms with E-state index >= 15 is 0 Å². The van der Waals surface area contributed by atoms with Crippen LogP contribution in [0.4, 0.5) is 10.8 Å². The number of aromatic nitrogens is 5. The highest BCUT2D eigenvalue weighted by Crippen LogP contribution is 2.37. The second-order valence-electron chi connectivity index (χ2n) is 9.15. The first-order valence-electron chi connectivity index (χ1n) is 11.3. The maximum Gasteiger partial charge on any atom is 0.180 e. The molecule has 4 aromatic rings. The Labute approximate surface area is 191 Å². The van der Waals surface area contributed by atoms with E-state index in [4.69, 9.17) is 9.97 Å². The highest BCUT2D eigenvalue weighted by molar-refractivity contribution is 7.15. The van der Waals surface area contributed by atoms with Crippen molar-refractivity contribution in [1.29, 1.82) is 0 Å². The number of piperidine rings is 1. The molecule has 4 aromatic heterocycles. The third-order valence-corrected chi connectivity index (χ3v) is 7.64. The van der Waals surface area contributed by atoms with Crippen LogP contribution in [-0.4, -0.2) is 55.4 Å². The molecule has 2 fully saturated rings. The van der Waals surface area contributed by atoms with E-state index in [-0.39, 0.29) is 0 Å². The first-order valence-corrected chi connectivity index (χ1v) is 12.1. The van der Waals surface area contributed by atoms with Crippen LogP contribution in [0.15, 0.2) is 37.1 Å². The molecular weight excluding hydrogens is 420 g/mol. The van der Waals surface area contributed by atoms with Gasteiger partial charge < -0.3 is 15.6 Å². The Morgan fingerprint density at radius 1 is 1.25 bits per heavy atom. The van der Waals surface area contributed by atoms with Gasteiger partial charge in [-0.2, -0.15) is 0 Å². The molecule has 2 saturated heterocycles.